The highest BCUT2D eigenvalue weighted by Crippen LogP contribution is 2.39. The van der Waals surface area contributed by atoms with Gasteiger partial charge in [-0.25, -0.2) is 0 Å². The number of H-pyrrole nitrogens is 1. The first-order valence-corrected chi connectivity index (χ1v) is 7.26. The van der Waals surface area contributed by atoms with Crippen LogP contribution in [0, 0.1) is 0 Å². The molecule has 0 atom stereocenters. The molecule has 0 bridgehead atoms. The summed E-state index contributed by atoms with van der Waals surface area (Å²) in [6.45, 7) is 0. The third kappa shape index (κ3) is 1.84. The molecular weight excluding hydrogens is 274 g/mol. The van der Waals surface area contributed by atoms with Gasteiger partial charge in [0.25, 0.3) is 5.91 Å². The second-order valence-corrected chi connectivity index (χ2v) is 5.42. The molecule has 1 aliphatic rings. The fourth-order valence-corrected chi connectivity index (χ4v) is 3.03. The number of hydrogen-bond donors (Lipinski definition) is 2. The second-order valence-electron chi connectivity index (χ2n) is 5.42. The first kappa shape index (κ1) is 12.8. The van der Waals surface area contributed by atoms with Crippen molar-refractivity contribution in [2.45, 2.75) is 6.42 Å². The van der Waals surface area contributed by atoms with Crippen LogP contribution in [0.3, 0.4) is 0 Å². The average molecular weight is 289 g/mol. The Hall–Kier alpha value is -2.88. The zero-order valence-corrected chi connectivity index (χ0v) is 12.2. The van der Waals surface area contributed by atoms with E-state index in [4.69, 9.17) is 0 Å². The van der Waals surface area contributed by atoms with Crippen LogP contribution in [0.1, 0.15) is 21.5 Å². The average Bonchev–Trinajstić information content (AvgIpc) is 3.13. The summed E-state index contributed by atoms with van der Waals surface area (Å²) in [4.78, 5) is 11.6. The van der Waals surface area contributed by atoms with Gasteiger partial charge in [0, 0.05) is 35.7 Å². The first-order valence-electron chi connectivity index (χ1n) is 7.26. The lowest BCUT2D eigenvalue weighted by atomic mass is 10.0. The molecule has 1 aliphatic carbocycles. The summed E-state index contributed by atoms with van der Waals surface area (Å²) in [6, 6.07) is 15.9. The van der Waals surface area contributed by atoms with Crippen LogP contribution in [-0.4, -0.2) is 23.2 Å². The van der Waals surface area contributed by atoms with Crippen molar-refractivity contribution in [3.63, 3.8) is 0 Å². The van der Waals surface area contributed by atoms with Gasteiger partial charge in [0.1, 0.15) is 0 Å². The fraction of sp³-hybridized carbons (Fsp3) is 0.111. The van der Waals surface area contributed by atoms with Crippen LogP contribution in [0.25, 0.3) is 22.5 Å². The van der Waals surface area contributed by atoms with Crippen molar-refractivity contribution in [2.75, 3.05) is 7.05 Å². The van der Waals surface area contributed by atoms with E-state index >= 15 is 0 Å². The highest BCUT2D eigenvalue weighted by molar-refractivity contribution is 5.94. The van der Waals surface area contributed by atoms with E-state index in [0.717, 1.165) is 23.4 Å². The van der Waals surface area contributed by atoms with Crippen LogP contribution in [0.2, 0.25) is 0 Å². The number of carbonyl (C=O) groups is 1. The second kappa shape index (κ2) is 4.84. The number of carbonyl (C=O) groups excluding carboxylic acids is 1. The van der Waals surface area contributed by atoms with Crippen LogP contribution in [-0.2, 0) is 6.42 Å². The maximum absolute atomic E-state index is 11.6. The Labute approximate surface area is 128 Å². The van der Waals surface area contributed by atoms with Crippen molar-refractivity contribution in [3.05, 3.63) is 65.2 Å². The van der Waals surface area contributed by atoms with Gasteiger partial charge in [-0.05, 0) is 17.7 Å². The molecule has 1 heterocycles. The Morgan fingerprint density at radius 1 is 1.14 bits per heavy atom. The van der Waals surface area contributed by atoms with E-state index in [-0.39, 0.29) is 5.91 Å². The summed E-state index contributed by atoms with van der Waals surface area (Å²) >= 11 is 0. The zero-order valence-electron chi connectivity index (χ0n) is 12.2. The summed E-state index contributed by atoms with van der Waals surface area (Å²) < 4.78 is 0. The number of amides is 1. The van der Waals surface area contributed by atoms with E-state index in [1.54, 1.807) is 7.05 Å². The molecule has 2 N–H and O–H groups in total. The number of rotatable bonds is 2. The summed E-state index contributed by atoms with van der Waals surface area (Å²) in [5, 5.41) is 10.3. The number of hydrogen-bond acceptors (Lipinski definition) is 2. The highest BCUT2D eigenvalue weighted by Gasteiger charge is 2.24. The van der Waals surface area contributed by atoms with Gasteiger partial charge in [0.2, 0.25) is 0 Å². The van der Waals surface area contributed by atoms with E-state index in [1.165, 1.54) is 16.7 Å². The summed E-state index contributed by atoms with van der Waals surface area (Å²) in [5.41, 5.74) is 7.55. The Bertz CT molecular complexity index is 862. The number of fused-ring (bicyclic) bond motifs is 3. The molecule has 3 aromatic rings. The molecule has 0 saturated heterocycles. The van der Waals surface area contributed by atoms with E-state index in [0.29, 0.717) is 5.56 Å². The molecule has 0 radical (unpaired) electrons. The lowest BCUT2D eigenvalue weighted by Crippen LogP contribution is -2.17. The lowest BCUT2D eigenvalue weighted by Gasteiger charge is -2.03. The van der Waals surface area contributed by atoms with E-state index in [1.807, 2.05) is 30.3 Å². The molecule has 0 spiro atoms. The molecule has 4 nitrogen and oxygen atoms in total. The standard InChI is InChI=1S/C18H15N3O/c1-19-18(22)12-8-6-11(7-9-12)16-15-10-13-4-2-3-5-14(13)17(15)21-20-16/h2-9H,10H2,1H3,(H,19,22)(H,20,21). The van der Waals surface area contributed by atoms with Gasteiger partial charge in [-0.1, -0.05) is 36.4 Å². The number of benzene rings is 2. The summed E-state index contributed by atoms with van der Waals surface area (Å²) in [7, 11) is 1.63. The summed E-state index contributed by atoms with van der Waals surface area (Å²) in [5.74, 6) is -0.0776. The van der Waals surface area contributed by atoms with Crippen molar-refractivity contribution in [3.8, 4) is 22.5 Å². The van der Waals surface area contributed by atoms with E-state index in [9.17, 15) is 4.79 Å². The molecule has 0 unspecified atom stereocenters. The zero-order chi connectivity index (χ0) is 15.1. The smallest absolute Gasteiger partial charge is 0.251 e. The van der Waals surface area contributed by atoms with Crippen molar-refractivity contribution in [1.29, 1.82) is 0 Å². The third-order valence-corrected chi connectivity index (χ3v) is 4.17. The fourth-order valence-electron chi connectivity index (χ4n) is 3.03. The van der Waals surface area contributed by atoms with Gasteiger partial charge >= 0.3 is 0 Å². The van der Waals surface area contributed by atoms with Crippen molar-refractivity contribution in [2.24, 2.45) is 0 Å². The number of nitrogens with zero attached hydrogens (tertiary/aromatic N) is 1. The Morgan fingerprint density at radius 3 is 2.68 bits per heavy atom. The minimum absolute atomic E-state index is 0.0776. The summed E-state index contributed by atoms with van der Waals surface area (Å²) in [6.07, 6.45) is 0.897. The minimum Gasteiger partial charge on any atom is -0.355 e. The molecule has 0 aliphatic heterocycles. The molecule has 2 aromatic carbocycles. The maximum atomic E-state index is 11.6. The van der Waals surface area contributed by atoms with Gasteiger partial charge in [-0.2, -0.15) is 5.10 Å². The normalized spacial score (nSPS) is 11.9. The molecule has 108 valence electrons. The van der Waals surface area contributed by atoms with Crippen LogP contribution in [0.5, 0.6) is 0 Å². The number of aromatic nitrogens is 2. The van der Waals surface area contributed by atoms with E-state index < -0.39 is 0 Å². The van der Waals surface area contributed by atoms with Crippen LogP contribution in [0.15, 0.2) is 48.5 Å². The predicted molar refractivity (Wildman–Crippen MR) is 85.7 cm³/mol. The molecular formula is C18H15N3O. The van der Waals surface area contributed by atoms with Crippen molar-refractivity contribution >= 4 is 5.91 Å². The van der Waals surface area contributed by atoms with Crippen LogP contribution < -0.4 is 5.32 Å². The van der Waals surface area contributed by atoms with Crippen LogP contribution in [0.4, 0.5) is 0 Å². The largest absolute Gasteiger partial charge is 0.355 e. The molecule has 4 rings (SSSR count). The quantitative estimate of drug-likeness (QED) is 0.596. The van der Waals surface area contributed by atoms with Crippen molar-refractivity contribution in [1.82, 2.24) is 15.5 Å². The molecule has 0 fully saturated rings. The first-order chi connectivity index (χ1) is 10.8. The molecule has 1 amide bonds. The SMILES string of the molecule is CNC(=O)c1ccc(-c2n[nH]c3c2Cc2ccccc2-3)cc1. The number of aromatic amines is 1. The van der Waals surface area contributed by atoms with Gasteiger partial charge in [-0.15, -0.1) is 0 Å². The Morgan fingerprint density at radius 2 is 1.91 bits per heavy atom. The van der Waals surface area contributed by atoms with E-state index in [2.05, 4.69) is 33.7 Å². The van der Waals surface area contributed by atoms with Gasteiger partial charge in [-0.3, -0.25) is 9.89 Å². The Kier molecular flexibility index (Phi) is 2.82. The van der Waals surface area contributed by atoms with Gasteiger partial charge < -0.3 is 5.32 Å². The minimum atomic E-state index is -0.0776. The third-order valence-electron chi connectivity index (χ3n) is 4.17. The molecule has 0 saturated carbocycles. The van der Waals surface area contributed by atoms with Crippen LogP contribution >= 0.6 is 0 Å². The molecule has 1 aromatic heterocycles. The Balaban J connectivity index is 1.74. The number of nitrogens with one attached hydrogen (secondary N) is 2. The molecule has 4 heteroatoms. The lowest BCUT2D eigenvalue weighted by molar-refractivity contribution is 0.0963. The predicted octanol–water partition coefficient (Wildman–Crippen LogP) is 3.01. The van der Waals surface area contributed by atoms with Crippen molar-refractivity contribution < 1.29 is 4.79 Å². The molecule has 22 heavy (non-hydrogen) atoms. The van der Waals surface area contributed by atoms with Gasteiger partial charge in [0.05, 0.1) is 11.4 Å². The maximum Gasteiger partial charge on any atom is 0.251 e. The van der Waals surface area contributed by atoms with Gasteiger partial charge in [0.15, 0.2) is 0 Å². The topological polar surface area (TPSA) is 57.8 Å². The highest BCUT2D eigenvalue weighted by atomic mass is 16.1. The monoisotopic (exact) mass is 289 g/mol.